The van der Waals surface area contributed by atoms with Crippen LogP contribution in [0.15, 0.2) is 28.7 Å². The van der Waals surface area contributed by atoms with E-state index in [2.05, 4.69) is 0 Å². The van der Waals surface area contributed by atoms with Crippen molar-refractivity contribution in [3.05, 3.63) is 30.0 Å². The fourth-order valence-corrected chi connectivity index (χ4v) is 1.64. The van der Waals surface area contributed by atoms with Crippen molar-refractivity contribution in [3.63, 3.8) is 0 Å². The number of fused-ring (bicyclic) bond motifs is 3. The summed E-state index contributed by atoms with van der Waals surface area (Å²) in [5.41, 5.74) is 0.933. The molecule has 0 aliphatic carbocycles. The van der Waals surface area contributed by atoms with Crippen molar-refractivity contribution in [2.45, 2.75) is 6.42 Å². The van der Waals surface area contributed by atoms with Crippen molar-refractivity contribution in [2.24, 2.45) is 0 Å². The molecule has 60 valence electrons. The zero-order valence-corrected chi connectivity index (χ0v) is 6.54. The van der Waals surface area contributed by atoms with Crippen molar-refractivity contribution in [1.29, 1.82) is 0 Å². The molecule has 0 N–H and O–H groups in total. The Hall–Kier alpha value is -1.44. The van der Waals surface area contributed by atoms with Gasteiger partial charge in [-0.3, -0.25) is 0 Å². The SMILES string of the molecule is c1ccc2c3c(oc2c1)CCO3. The Kier molecular flexibility index (Phi) is 1.04. The molecule has 2 heteroatoms. The first kappa shape index (κ1) is 6.12. The predicted octanol–water partition coefficient (Wildman–Crippen LogP) is 2.37. The summed E-state index contributed by atoms with van der Waals surface area (Å²) in [5, 5.41) is 1.10. The van der Waals surface area contributed by atoms with Gasteiger partial charge in [0.1, 0.15) is 5.58 Å². The number of benzene rings is 1. The van der Waals surface area contributed by atoms with Gasteiger partial charge in [0.2, 0.25) is 0 Å². The molecule has 0 saturated carbocycles. The molecule has 0 saturated heterocycles. The summed E-state index contributed by atoms with van der Waals surface area (Å²) >= 11 is 0. The lowest BCUT2D eigenvalue weighted by Crippen LogP contribution is -1.87. The Balaban J connectivity index is 2.44. The summed E-state index contributed by atoms with van der Waals surface area (Å²) in [6.45, 7) is 0.763. The zero-order chi connectivity index (χ0) is 7.97. The normalized spacial score (nSPS) is 14.7. The summed E-state index contributed by atoms with van der Waals surface area (Å²) in [5.74, 6) is 1.95. The quantitative estimate of drug-likeness (QED) is 0.590. The minimum absolute atomic E-state index is 0.763. The van der Waals surface area contributed by atoms with E-state index in [-0.39, 0.29) is 0 Å². The lowest BCUT2D eigenvalue weighted by atomic mass is 10.2. The maximum Gasteiger partial charge on any atom is 0.168 e. The van der Waals surface area contributed by atoms with Crippen LogP contribution in [0.4, 0.5) is 0 Å². The molecule has 0 atom stereocenters. The van der Waals surface area contributed by atoms with Crippen LogP contribution in [0.3, 0.4) is 0 Å². The Morgan fingerprint density at radius 2 is 2.08 bits per heavy atom. The third kappa shape index (κ3) is 0.644. The Morgan fingerprint density at radius 3 is 3.08 bits per heavy atom. The van der Waals surface area contributed by atoms with Gasteiger partial charge in [-0.2, -0.15) is 0 Å². The number of hydrogen-bond donors (Lipinski definition) is 0. The molecule has 0 radical (unpaired) electrons. The highest BCUT2D eigenvalue weighted by molar-refractivity contribution is 5.85. The summed E-state index contributed by atoms with van der Waals surface area (Å²) in [6.07, 6.45) is 0.907. The summed E-state index contributed by atoms with van der Waals surface area (Å²) in [7, 11) is 0. The smallest absolute Gasteiger partial charge is 0.168 e. The van der Waals surface area contributed by atoms with E-state index in [0.717, 1.165) is 35.5 Å². The van der Waals surface area contributed by atoms with E-state index in [1.807, 2.05) is 24.3 Å². The number of furan rings is 1. The highest BCUT2D eigenvalue weighted by Gasteiger charge is 2.19. The Morgan fingerprint density at radius 1 is 1.17 bits per heavy atom. The van der Waals surface area contributed by atoms with E-state index in [1.54, 1.807) is 0 Å². The highest BCUT2D eigenvalue weighted by Crippen LogP contribution is 2.36. The van der Waals surface area contributed by atoms with Crippen LogP contribution in [-0.2, 0) is 6.42 Å². The van der Waals surface area contributed by atoms with Gasteiger partial charge >= 0.3 is 0 Å². The second-order valence-electron chi connectivity index (χ2n) is 2.95. The number of hydrogen-bond acceptors (Lipinski definition) is 2. The monoisotopic (exact) mass is 160 g/mol. The van der Waals surface area contributed by atoms with Gasteiger partial charge in [-0.25, -0.2) is 0 Å². The molecule has 2 aromatic rings. The predicted molar refractivity (Wildman–Crippen MR) is 45.4 cm³/mol. The minimum atomic E-state index is 0.763. The van der Waals surface area contributed by atoms with E-state index in [1.165, 1.54) is 0 Å². The summed E-state index contributed by atoms with van der Waals surface area (Å²) < 4.78 is 11.0. The average Bonchev–Trinajstić information content (AvgIpc) is 2.62. The molecule has 12 heavy (non-hydrogen) atoms. The van der Waals surface area contributed by atoms with Gasteiger partial charge in [0.05, 0.1) is 12.0 Å². The van der Waals surface area contributed by atoms with Crippen molar-refractivity contribution in [2.75, 3.05) is 6.61 Å². The molecule has 2 nitrogen and oxygen atoms in total. The first-order chi connectivity index (χ1) is 5.95. The van der Waals surface area contributed by atoms with Crippen LogP contribution in [0.2, 0.25) is 0 Å². The van der Waals surface area contributed by atoms with Crippen LogP contribution >= 0.6 is 0 Å². The van der Waals surface area contributed by atoms with E-state index in [4.69, 9.17) is 9.15 Å². The third-order valence-electron chi connectivity index (χ3n) is 2.19. The van der Waals surface area contributed by atoms with Gasteiger partial charge in [0.25, 0.3) is 0 Å². The van der Waals surface area contributed by atoms with Gasteiger partial charge in [-0.05, 0) is 12.1 Å². The van der Waals surface area contributed by atoms with Crippen LogP contribution < -0.4 is 4.74 Å². The lowest BCUT2D eigenvalue weighted by molar-refractivity contribution is 0.360. The molecule has 0 unspecified atom stereocenters. The van der Waals surface area contributed by atoms with Gasteiger partial charge < -0.3 is 9.15 Å². The summed E-state index contributed by atoms with van der Waals surface area (Å²) in [6, 6.07) is 7.97. The zero-order valence-electron chi connectivity index (χ0n) is 6.54. The van der Waals surface area contributed by atoms with Crippen LogP contribution in [0.25, 0.3) is 11.0 Å². The topological polar surface area (TPSA) is 22.4 Å². The molecule has 0 spiro atoms. The molecule has 0 fully saturated rings. The van der Waals surface area contributed by atoms with Crippen LogP contribution in [0, 0.1) is 0 Å². The van der Waals surface area contributed by atoms with Gasteiger partial charge in [0.15, 0.2) is 11.5 Å². The number of para-hydroxylation sites is 1. The molecular weight excluding hydrogens is 152 g/mol. The second kappa shape index (κ2) is 2.03. The molecular formula is C10H8O2. The Labute approximate surface area is 69.7 Å². The molecule has 1 aromatic carbocycles. The highest BCUT2D eigenvalue weighted by atomic mass is 16.5. The van der Waals surface area contributed by atoms with E-state index < -0.39 is 0 Å². The van der Waals surface area contributed by atoms with Gasteiger partial charge in [-0.1, -0.05) is 12.1 Å². The maximum atomic E-state index is 5.59. The Bertz CT molecular complexity index is 428. The fourth-order valence-electron chi connectivity index (χ4n) is 1.64. The van der Waals surface area contributed by atoms with E-state index in [0.29, 0.717) is 0 Å². The average molecular weight is 160 g/mol. The first-order valence-electron chi connectivity index (χ1n) is 4.08. The van der Waals surface area contributed by atoms with E-state index >= 15 is 0 Å². The van der Waals surface area contributed by atoms with Crippen molar-refractivity contribution in [3.8, 4) is 5.75 Å². The second-order valence-corrected chi connectivity index (χ2v) is 2.95. The maximum absolute atomic E-state index is 5.59. The van der Waals surface area contributed by atoms with Crippen LogP contribution in [0.1, 0.15) is 5.76 Å². The standard InChI is InChI=1S/C10H8O2/c1-2-4-8-7(3-1)10-9(12-8)5-6-11-10/h1-4H,5-6H2. The van der Waals surface area contributed by atoms with Gasteiger partial charge in [0, 0.05) is 6.42 Å². The number of rotatable bonds is 0. The molecule has 0 amide bonds. The van der Waals surface area contributed by atoms with Crippen LogP contribution in [-0.4, -0.2) is 6.61 Å². The molecule has 1 aliphatic heterocycles. The van der Waals surface area contributed by atoms with Crippen molar-refractivity contribution in [1.82, 2.24) is 0 Å². The molecule has 1 aliphatic rings. The third-order valence-corrected chi connectivity index (χ3v) is 2.19. The fraction of sp³-hybridized carbons (Fsp3) is 0.200. The number of ether oxygens (including phenoxy) is 1. The molecule has 2 heterocycles. The minimum Gasteiger partial charge on any atom is -0.489 e. The molecule has 0 bridgehead atoms. The van der Waals surface area contributed by atoms with Crippen LogP contribution in [0.5, 0.6) is 5.75 Å². The van der Waals surface area contributed by atoms with Gasteiger partial charge in [-0.15, -0.1) is 0 Å². The van der Waals surface area contributed by atoms with E-state index in [9.17, 15) is 0 Å². The first-order valence-corrected chi connectivity index (χ1v) is 4.08. The largest absolute Gasteiger partial charge is 0.489 e. The van der Waals surface area contributed by atoms with Crippen molar-refractivity contribution < 1.29 is 9.15 Å². The molecule has 1 aromatic heterocycles. The lowest BCUT2D eigenvalue weighted by Gasteiger charge is -1.92. The molecule has 3 rings (SSSR count). The summed E-state index contributed by atoms with van der Waals surface area (Å²) in [4.78, 5) is 0. The van der Waals surface area contributed by atoms with Crippen molar-refractivity contribution >= 4 is 11.0 Å².